The SMILES string of the molecule is C=CCCCCC(=O)Nc1ccccn1. The number of amides is 1. The summed E-state index contributed by atoms with van der Waals surface area (Å²) in [5.41, 5.74) is 0. The number of unbranched alkanes of at least 4 members (excludes halogenated alkanes) is 2. The van der Waals surface area contributed by atoms with Crippen LogP contribution in [0.15, 0.2) is 37.1 Å². The molecule has 1 N–H and O–H groups in total. The highest BCUT2D eigenvalue weighted by atomic mass is 16.1. The van der Waals surface area contributed by atoms with Crippen LogP contribution in [0, 0.1) is 0 Å². The van der Waals surface area contributed by atoms with Crippen molar-refractivity contribution in [3.8, 4) is 0 Å². The molecular weight excluding hydrogens is 188 g/mol. The van der Waals surface area contributed by atoms with Crippen LogP contribution in [0.4, 0.5) is 5.82 Å². The van der Waals surface area contributed by atoms with Crippen LogP contribution in [0.25, 0.3) is 0 Å². The highest BCUT2D eigenvalue weighted by Gasteiger charge is 2.01. The van der Waals surface area contributed by atoms with Crippen molar-refractivity contribution >= 4 is 11.7 Å². The maximum absolute atomic E-state index is 11.4. The Kier molecular flexibility index (Phi) is 5.15. The predicted molar refractivity (Wildman–Crippen MR) is 61.5 cm³/mol. The van der Waals surface area contributed by atoms with E-state index in [-0.39, 0.29) is 5.91 Å². The molecule has 0 bridgehead atoms. The fourth-order valence-corrected chi connectivity index (χ4v) is 1.22. The number of anilines is 1. The van der Waals surface area contributed by atoms with Crippen molar-refractivity contribution in [1.29, 1.82) is 0 Å². The number of carbonyl (C=O) groups excluding carboxylic acids is 1. The summed E-state index contributed by atoms with van der Waals surface area (Å²) in [4.78, 5) is 15.4. The Morgan fingerprint density at radius 1 is 1.47 bits per heavy atom. The fourth-order valence-electron chi connectivity index (χ4n) is 1.22. The summed E-state index contributed by atoms with van der Waals surface area (Å²) in [7, 11) is 0. The molecule has 15 heavy (non-hydrogen) atoms. The van der Waals surface area contributed by atoms with Crippen LogP contribution >= 0.6 is 0 Å². The van der Waals surface area contributed by atoms with Gasteiger partial charge in [0.2, 0.25) is 5.91 Å². The summed E-state index contributed by atoms with van der Waals surface area (Å²) < 4.78 is 0. The number of carbonyl (C=O) groups is 1. The highest BCUT2D eigenvalue weighted by molar-refractivity contribution is 5.89. The van der Waals surface area contributed by atoms with Crippen molar-refractivity contribution < 1.29 is 4.79 Å². The number of aromatic nitrogens is 1. The molecule has 1 aromatic heterocycles. The van der Waals surface area contributed by atoms with Crippen LogP contribution in [0.5, 0.6) is 0 Å². The molecule has 0 saturated heterocycles. The Bertz CT molecular complexity index is 309. The topological polar surface area (TPSA) is 42.0 Å². The Morgan fingerprint density at radius 2 is 2.33 bits per heavy atom. The van der Waals surface area contributed by atoms with Crippen LogP contribution in [0.1, 0.15) is 25.7 Å². The molecule has 1 aromatic rings. The Balaban J connectivity index is 2.22. The molecule has 3 heteroatoms. The Labute approximate surface area is 90.2 Å². The second-order valence-corrected chi connectivity index (χ2v) is 3.30. The first kappa shape index (κ1) is 11.4. The number of hydrogen-bond acceptors (Lipinski definition) is 2. The monoisotopic (exact) mass is 204 g/mol. The molecule has 3 nitrogen and oxygen atoms in total. The molecule has 0 aliphatic carbocycles. The number of hydrogen-bond donors (Lipinski definition) is 1. The number of pyridine rings is 1. The molecular formula is C12H16N2O. The number of nitrogens with zero attached hydrogens (tertiary/aromatic N) is 1. The molecule has 0 unspecified atom stereocenters. The largest absolute Gasteiger partial charge is 0.311 e. The van der Waals surface area contributed by atoms with E-state index in [0.29, 0.717) is 12.2 Å². The summed E-state index contributed by atoms with van der Waals surface area (Å²) in [6.07, 6.45) is 6.95. The standard InChI is InChI=1S/C12H16N2O/c1-2-3-4-5-9-12(15)14-11-8-6-7-10-13-11/h2,6-8,10H,1,3-5,9H2,(H,13,14,15). The lowest BCUT2D eigenvalue weighted by atomic mass is 10.2. The van der Waals surface area contributed by atoms with Crippen LogP contribution in [-0.2, 0) is 4.79 Å². The van der Waals surface area contributed by atoms with Gasteiger partial charge in [-0.2, -0.15) is 0 Å². The van der Waals surface area contributed by atoms with Gasteiger partial charge in [0, 0.05) is 12.6 Å². The zero-order valence-electron chi connectivity index (χ0n) is 8.78. The minimum Gasteiger partial charge on any atom is -0.311 e. The van der Waals surface area contributed by atoms with Gasteiger partial charge in [-0.25, -0.2) is 4.98 Å². The summed E-state index contributed by atoms with van der Waals surface area (Å²) in [6, 6.07) is 5.45. The van der Waals surface area contributed by atoms with E-state index in [1.165, 1.54) is 0 Å². The van der Waals surface area contributed by atoms with Crippen molar-refractivity contribution in [3.63, 3.8) is 0 Å². The first-order valence-corrected chi connectivity index (χ1v) is 5.14. The first-order chi connectivity index (χ1) is 7.33. The molecule has 0 spiro atoms. The zero-order valence-corrected chi connectivity index (χ0v) is 8.78. The second-order valence-electron chi connectivity index (χ2n) is 3.30. The normalized spacial score (nSPS) is 9.60. The van der Waals surface area contributed by atoms with Gasteiger partial charge in [0.05, 0.1) is 0 Å². The average Bonchev–Trinajstić information content (AvgIpc) is 2.26. The highest BCUT2D eigenvalue weighted by Crippen LogP contribution is 2.04. The van der Waals surface area contributed by atoms with Gasteiger partial charge in [-0.05, 0) is 31.4 Å². The van der Waals surface area contributed by atoms with E-state index in [9.17, 15) is 4.79 Å². The number of allylic oxidation sites excluding steroid dienone is 1. The van der Waals surface area contributed by atoms with Gasteiger partial charge in [0.15, 0.2) is 0 Å². The van der Waals surface area contributed by atoms with Gasteiger partial charge >= 0.3 is 0 Å². The molecule has 0 saturated carbocycles. The van der Waals surface area contributed by atoms with E-state index in [2.05, 4.69) is 16.9 Å². The third-order valence-electron chi connectivity index (χ3n) is 1.99. The molecule has 0 fully saturated rings. The molecule has 0 aliphatic rings. The molecule has 1 amide bonds. The van der Waals surface area contributed by atoms with E-state index in [1.807, 2.05) is 18.2 Å². The molecule has 80 valence electrons. The smallest absolute Gasteiger partial charge is 0.225 e. The minimum absolute atomic E-state index is 0.0257. The fraction of sp³-hybridized carbons (Fsp3) is 0.333. The number of rotatable bonds is 6. The van der Waals surface area contributed by atoms with Gasteiger partial charge < -0.3 is 5.32 Å². The van der Waals surface area contributed by atoms with E-state index in [1.54, 1.807) is 12.3 Å². The maximum Gasteiger partial charge on any atom is 0.225 e. The summed E-state index contributed by atoms with van der Waals surface area (Å²) in [5.74, 6) is 0.643. The maximum atomic E-state index is 11.4. The van der Waals surface area contributed by atoms with E-state index in [0.717, 1.165) is 19.3 Å². The van der Waals surface area contributed by atoms with E-state index < -0.39 is 0 Å². The summed E-state index contributed by atoms with van der Waals surface area (Å²) in [6.45, 7) is 3.63. The van der Waals surface area contributed by atoms with Crippen molar-refractivity contribution in [2.45, 2.75) is 25.7 Å². The number of nitrogens with one attached hydrogen (secondary N) is 1. The van der Waals surface area contributed by atoms with Crippen molar-refractivity contribution in [1.82, 2.24) is 4.98 Å². The average molecular weight is 204 g/mol. The summed E-state index contributed by atoms with van der Waals surface area (Å²) >= 11 is 0. The van der Waals surface area contributed by atoms with Crippen LogP contribution in [0.3, 0.4) is 0 Å². The van der Waals surface area contributed by atoms with Gasteiger partial charge in [0.25, 0.3) is 0 Å². The Morgan fingerprint density at radius 3 is 3.00 bits per heavy atom. The van der Waals surface area contributed by atoms with Crippen molar-refractivity contribution in [2.75, 3.05) is 5.32 Å². The predicted octanol–water partition coefficient (Wildman–Crippen LogP) is 2.77. The minimum atomic E-state index is 0.0257. The molecule has 0 aromatic carbocycles. The Hall–Kier alpha value is -1.64. The van der Waals surface area contributed by atoms with Crippen molar-refractivity contribution in [2.24, 2.45) is 0 Å². The van der Waals surface area contributed by atoms with Crippen LogP contribution in [0.2, 0.25) is 0 Å². The lowest BCUT2D eigenvalue weighted by molar-refractivity contribution is -0.116. The molecule has 1 heterocycles. The van der Waals surface area contributed by atoms with Gasteiger partial charge in [-0.15, -0.1) is 6.58 Å². The summed E-state index contributed by atoms with van der Waals surface area (Å²) in [5, 5.41) is 2.74. The van der Waals surface area contributed by atoms with Gasteiger partial charge in [0.1, 0.15) is 5.82 Å². The zero-order chi connectivity index (χ0) is 10.9. The third kappa shape index (κ3) is 4.96. The molecule has 0 atom stereocenters. The molecule has 0 radical (unpaired) electrons. The molecule has 1 rings (SSSR count). The van der Waals surface area contributed by atoms with E-state index in [4.69, 9.17) is 0 Å². The lowest BCUT2D eigenvalue weighted by Crippen LogP contribution is -2.11. The van der Waals surface area contributed by atoms with Crippen LogP contribution < -0.4 is 5.32 Å². The molecule has 0 aliphatic heterocycles. The lowest BCUT2D eigenvalue weighted by Gasteiger charge is -2.02. The second kappa shape index (κ2) is 6.76. The van der Waals surface area contributed by atoms with Crippen LogP contribution in [-0.4, -0.2) is 10.9 Å². The van der Waals surface area contributed by atoms with Crippen molar-refractivity contribution in [3.05, 3.63) is 37.1 Å². The van der Waals surface area contributed by atoms with Gasteiger partial charge in [-0.1, -0.05) is 12.1 Å². The first-order valence-electron chi connectivity index (χ1n) is 5.14. The van der Waals surface area contributed by atoms with Gasteiger partial charge in [-0.3, -0.25) is 4.79 Å². The third-order valence-corrected chi connectivity index (χ3v) is 1.99. The quantitative estimate of drug-likeness (QED) is 0.572. The van der Waals surface area contributed by atoms with E-state index >= 15 is 0 Å².